The molecule has 0 saturated heterocycles. The van der Waals surface area contributed by atoms with E-state index in [0.29, 0.717) is 10.8 Å². The van der Waals surface area contributed by atoms with Gasteiger partial charge in [-0.3, -0.25) is 0 Å². The standard InChI is InChI=1S/C11H10O4/c1-15-11-9(13)7-5-3-2-4-6(7)8(12)10(11)14/h2-5,12-14H,1H3. The van der Waals surface area contributed by atoms with Gasteiger partial charge in [0.1, 0.15) is 0 Å². The Labute approximate surface area is 86.0 Å². The van der Waals surface area contributed by atoms with Crippen LogP contribution in [-0.4, -0.2) is 22.4 Å². The molecule has 0 bridgehead atoms. The maximum atomic E-state index is 9.76. The number of rotatable bonds is 1. The minimum Gasteiger partial charge on any atom is -0.504 e. The van der Waals surface area contributed by atoms with Gasteiger partial charge >= 0.3 is 0 Å². The second-order valence-corrected chi connectivity index (χ2v) is 3.12. The van der Waals surface area contributed by atoms with E-state index in [0.717, 1.165) is 0 Å². The van der Waals surface area contributed by atoms with E-state index >= 15 is 0 Å². The second-order valence-electron chi connectivity index (χ2n) is 3.12. The van der Waals surface area contributed by atoms with E-state index in [2.05, 4.69) is 0 Å². The lowest BCUT2D eigenvalue weighted by molar-refractivity contribution is 0.333. The summed E-state index contributed by atoms with van der Waals surface area (Å²) in [6, 6.07) is 6.65. The molecule has 0 aliphatic rings. The van der Waals surface area contributed by atoms with Crippen LogP contribution in [0.25, 0.3) is 10.8 Å². The summed E-state index contributed by atoms with van der Waals surface area (Å²) in [5.74, 6) is -1.04. The SMILES string of the molecule is COc1c(O)c(O)c2ccccc2c1O. The third-order valence-corrected chi connectivity index (χ3v) is 2.30. The van der Waals surface area contributed by atoms with Gasteiger partial charge in [0, 0.05) is 10.8 Å². The number of phenolic OH excluding ortho intramolecular Hbond substituents is 3. The summed E-state index contributed by atoms with van der Waals surface area (Å²) in [7, 11) is 1.31. The molecule has 0 radical (unpaired) electrons. The number of aromatic hydroxyl groups is 3. The second kappa shape index (κ2) is 3.24. The number of hydrogen-bond donors (Lipinski definition) is 3. The maximum absolute atomic E-state index is 9.76. The van der Waals surface area contributed by atoms with E-state index in [4.69, 9.17) is 4.74 Å². The van der Waals surface area contributed by atoms with E-state index in [1.54, 1.807) is 24.3 Å². The molecule has 4 nitrogen and oxygen atoms in total. The topological polar surface area (TPSA) is 69.9 Å². The van der Waals surface area contributed by atoms with Gasteiger partial charge in [0.05, 0.1) is 7.11 Å². The minimum absolute atomic E-state index is 0.119. The predicted molar refractivity (Wildman–Crippen MR) is 55.5 cm³/mol. The van der Waals surface area contributed by atoms with Crippen LogP contribution in [0.4, 0.5) is 0 Å². The molecule has 3 N–H and O–H groups in total. The summed E-state index contributed by atoms with van der Waals surface area (Å²) >= 11 is 0. The summed E-state index contributed by atoms with van der Waals surface area (Å²) in [5.41, 5.74) is 0. The molecule has 0 spiro atoms. The number of phenols is 3. The van der Waals surface area contributed by atoms with Gasteiger partial charge < -0.3 is 20.1 Å². The first-order chi connectivity index (χ1) is 7.16. The molecule has 4 heteroatoms. The first-order valence-corrected chi connectivity index (χ1v) is 4.36. The maximum Gasteiger partial charge on any atom is 0.207 e. The summed E-state index contributed by atoms with van der Waals surface area (Å²) in [4.78, 5) is 0. The van der Waals surface area contributed by atoms with E-state index < -0.39 is 5.75 Å². The van der Waals surface area contributed by atoms with Crippen LogP contribution in [0.2, 0.25) is 0 Å². The third-order valence-electron chi connectivity index (χ3n) is 2.30. The fourth-order valence-corrected chi connectivity index (χ4v) is 1.56. The Bertz CT molecular complexity index is 519. The Morgan fingerprint density at radius 3 is 1.93 bits per heavy atom. The summed E-state index contributed by atoms with van der Waals surface area (Å²) in [5, 5.41) is 29.8. The molecule has 0 unspecified atom stereocenters. The zero-order valence-electron chi connectivity index (χ0n) is 8.06. The molecule has 2 rings (SSSR count). The molecule has 2 aromatic rings. The van der Waals surface area contributed by atoms with Crippen LogP contribution in [0.1, 0.15) is 0 Å². The lowest BCUT2D eigenvalue weighted by atomic mass is 10.1. The molecular weight excluding hydrogens is 196 g/mol. The molecule has 0 fully saturated rings. The van der Waals surface area contributed by atoms with Crippen molar-refractivity contribution in [3.05, 3.63) is 24.3 Å². The summed E-state index contributed by atoms with van der Waals surface area (Å²) in [6.07, 6.45) is 0. The van der Waals surface area contributed by atoms with Crippen LogP contribution >= 0.6 is 0 Å². The highest BCUT2D eigenvalue weighted by atomic mass is 16.5. The summed E-state index contributed by atoms with van der Waals surface area (Å²) in [6.45, 7) is 0. The fraction of sp³-hybridized carbons (Fsp3) is 0.0909. The van der Waals surface area contributed by atoms with Crippen molar-refractivity contribution in [2.45, 2.75) is 0 Å². The average molecular weight is 206 g/mol. The molecule has 0 heterocycles. The van der Waals surface area contributed by atoms with Crippen molar-refractivity contribution in [3.8, 4) is 23.0 Å². The summed E-state index contributed by atoms with van der Waals surface area (Å²) < 4.78 is 4.80. The average Bonchev–Trinajstić information content (AvgIpc) is 2.27. The normalized spacial score (nSPS) is 10.5. The van der Waals surface area contributed by atoms with Gasteiger partial charge in [0.25, 0.3) is 0 Å². The Kier molecular flexibility index (Phi) is 2.04. The lowest BCUT2D eigenvalue weighted by Gasteiger charge is -2.10. The Hall–Kier alpha value is -2.10. The van der Waals surface area contributed by atoms with Crippen molar-refractivity contribution in [1.29, 1.82) is 0 Å². The Morgan fingerprint density at radius 2 is 1.40 bits per heavy atom. The van der Waals surface area contributed by atoms with E-state index in [1.807, 2.05) is 0 Å². The molecule has 0 atom stereocenters. The van der Waals surface area contributed by atoms with Crippen molar-refractivity contribution < 1.29 is 20.1 Å². The van der Waals surface area contributed by atoms with Crippen molar-refractivity contribution in [3.63, 3.8) is 0 Å². The van der Waals surface area contributed by atoms with Gasteiger partial charge in [-0.05, 0) is 0 Å². The predicted octanol–water partition coefficient (Wildman–Crippen LogP) is 1.97. The highest BCUT2D eigenvalue weighted by Gasteiger charge is 2.18. The molecule has 0 aliphatic carbocycles. The van der Waals surface area contributed by atoms with Gasteiger partial charge in [-0.2, -0.15) is 0 Å². The first kappa shape index (κ1) is 9.45. The zero-order chi connectivity index (χ0) is 11.0. The van der Waals surface area contributed by atoms with Gasteiger partial charge in [-0.1, -0.05) is 24.3 Å². The van der Waals surface area contributed by atoms with E-state index in [1.165, 1.54) is 7.11 Å². The number of methoxy groups -OCH3 is 1. The van der Waals surface area contributed by atoms with Gasteiger partial charge in [-0.15, -0.1) is 0 Å². The first-order valence-electron chi connectivity index (χ1n) is 4.36. The fourth-order valence-electron chi connectivity index (χ4n) is 1.56. The highest BCUT2D eigenvalue weighted by Crippen LogP contribution is 2.48. The molecule has 0 aliphatic heterocycles. The smallest absolute Gasteiger partial charge is 0.207 e. The van der Waals surface area contributed by atoms with Crippen LogP contribution in [0, 0.1) is 0 Å². The Morgan fingerprint density at radius 1 is 0.867 bits per heavy atom. The minimum atomic E-state index is -0.450. The third kappa shape index (κ3) is 1.22. The van der Waals surface area contributed by atoms with Crippen LogP contribution in [-0.2, 0) is 0 Å². The van der Waals surface area contributed by atoms with Crippen molar-refractivity contribution >= 4 is 10.8 Å². The number of fused-ring (bicyclic) bond motifs is 1. The number of benzene rings is 2. The molecule has 0 aromatic heterocycles. The van der Waals surface area contributed by atoms with Crippen LogP contribution in [0.5, 0.6) is 23.0 Å². The molecule has 2 aromatic carbocycles. The molecular formula is C11H10O4. The molecule has 15 heavy (non-hydrogen) atoms. The van der Waals surface area contributed by atoms with Crippen LogP contribution in [0.3, 0.4) is 0 Å². The van der Waals surface area contributed by atoms with E-state index in [9.17, 15) is 15.3 Å². The molecule has 78 valence electrons. The van der Waals surface area contributed by atoms with E-state index in [-0.39, 0.29) is 17.2 Å². The van der Waals surface area contributed by atoms with Crippen molar-refractivity contribution in [2.24, 2.45) is 0 Å². The van der Waals surface area contributed by atoms with Gasteiger partial charge in [0.15, 0.2) is 11.5 Å². The van der Waals surface area contributed by atoms with Crippen LogP contribution in [0.15, 0.2) is 24.3 Å². The monoisotopic (exact) mass is 206 g/mol. The van der Waals surface area contributed by atoms with Crippen molar-refractivity contribution in [1.82, 2.24) is 0 Å². The Balaban J connectivity index is 2.96. The number of ether oxygens (including phenoxy) is 1. The lowest BCUT2D eigenvalue weighted by Crippen LogP contribution is -1.87. The molecule has 0 amide bonds. The quantitative estimate of drug-likeness (QED) is 0.492. The highest BCUT2D eigenvalue weighted by molar-refractivity contribution is 5.97. The van der Waals surface area contributed by atoms with Gasteiger partial charge in [-0.25, -0.2) is 0 Å². The zero-order valence-corrected chi connectivity index (χ0v) is 8.06. The van der Waals surface area contributed by atoms with Crippen molar-refractivity contribution in [2.75, 3.05) is 7.11 Å². The van der Waals surface area contributed by atoms with Crippen LogP contribution < -0.4 is 4.74 Å². The largest absolute Gasteiger partial charge is 0.504 e. The molecule has 0 saturated carbocycles. The number of hydrogen-bond acceptors (Lipinski definition) is 4. The van der Waals surface area contributed by atoms with Gasteiger partial charge in [0.2, 0.25) is 11.5 Å².